The number of hydrogen-bond acceptors (Lipinski definition) is 6. The van der Waals surface area contributed by atoms with Crippen molar-refractivity contribution >= 4 is 27.4 Å². The van der Waals surface area contributed by atoms with Crippen molar-refractivity contribution in [1.29, 1.82) is 0 Å². The van der Waals surface area contributed by atoms with E-state index >= 15 is 0 Å². The molecule has 2 aromatic rings. The van der Waals surface area contributed by atoms with E-state index in [1.165, 1.54) is 35.5 Å². The SMILES string of the molecule is CCOc1ccc(OCC)c(NC(=O)C2CCN(S(=O)(=O)c3ccc(C(C)=O)cc3)CC2)c1. The van der Waals surface area contributed by atoms with Crippen molar-refractivity contribution in [3.05, 3.63) is 48.0 Å². The van der Waals surface area contributed by atoms with Crippen LogP contribution in [0.5, 0.6) is 11.5 Å². The fraction of sp³-hybridized carbons (Fsp3) is 0.417. The molecule has 1 aliphatic heterocycles. The van der Waals surface area contributed by atoms with Crippen LogP contribution in [0.2, 0.25) is 0 Å². The highest BCUT2D eigenvalue weighted by Crippen LogP contribution is 2.31. The van der Waals surface area contributed by atoms with Gasteiger partial charge in [-0.1, -0.05) is 12.1 Å². The number of carbonyl (C=O) groups excluding carboxylic acids is 2. The maximum Gasteiger partial charge on any atom is 0.243 e. The van der Waals surface area contributed by atoms with Gasteiger partial charge in [0.2, 0.25) is 15.9 Å². The average Bonchev–Trinajstić information content (AvgIpc) is 2.81. The lowest BCUT2D eigenvalue weighted by molar-refractivity contribution is -0.120. The van der Waals surface area contributed by atoms with Crippen LogP contribution in [-0.4, -0.2) is 50.7 Å². The lowest BCUT2D eigenvalue weighted by Gasteiger charge is -2.30. The smallest absolute Gasteiger partial charge is 0.243 e. The third-order valence-electron chi connectivity index (χ3n) is 5.54. The zero-order valence-electron chi connectivity index (χ0n) is 19.2. The van der Waals surface area contributed by atoms with Crippen LogP contribution in [0.25, 0.3) is 0 Å². The minimum atomic E-state index is -3.68. The van der Waals surface area contributed by atoms with Gasteiger partial charge in [0, 0.05) is 30.6 Å². The second-order valence-corrected chi connectivity index (χ2v) is 9.71. The van der Waals surface area contributed by atoms with Crippen molar-refractivity contribution in [2.75, 3.05) is 31.6 Å². The Morgan fingerprint density at radius 1 is 1.00 bits per heavy atom. The van der Waals surface area contributed by atoms with E-state index < -0.39 is 10.0 Å². The summed E-state index contributed by atoms with van der Waals surface area (Å²) < 4.78 is 38.4. The minimum Gasteiger partial charge on any atom is -0.494 e. The molecule has 0 bridgehead atoms. The number of carbonyl (C=O) groups is 2. The van der Waals surface area contributed by atoms with E-state index in [1.807, 2.05) is 13.8 Å². The van der Waals surface area contributed by atoms with Gasteiger partial charge >= 0.3 is 0 Å². The first-order valence-corrected chi connectivity index (χ1v) is 12.5. The van der Waals surface area contributed by atoms with Gasteiger partial charge in [0.05, 0.1) is 23.8 Å². The standard InChI is InChI=1S/C24H30N2O6S/c1-4-31-20-8-11-23(32-5-2)22(16-20)25-24(28)19-12-14-26(15-13-19)33(29,30)21-9-6-18(7-10-21)17(3)27/h6-11,16,19H,4-5,12-15H2,1-3H3,(H,25,28). The lowest BCUT2D eigenvalue weighted by Crippen LogP contribution is -2.41. The predicted molar refractivity (Wildman–Crippen MR) is 125 cm³/mol. The number of nitrogens with one attached hydrogen (secondary N) is 1. The van der Waals surface area contributed by atoms with Gasteiger partial charge in [-0.15, -0.1) is 0 Å². The summed E-state index contributed by atoms with van der Waals surface area (Å²) in [4.78, 5) is 24.5. The van der Waals surface area contributed by atoms with Crippen LogP contribution < -0.4 is 14.8 Å². The summed E-state index contributed by atoms with van der Waals surface area (Å²) in [6.45, 7) is 6.63. The first-order valence-electron chi connectivity index (χ1n) is 11.1. The number of rotatable bonds is 9. The van der Waals surface area contributed by atoms with Gasteiger partial charge in [-0.25, -0.2) is 8.42 Å². The van der Waals surface area contributed by atoms with Gasteiger partial charge in [0.15, 0.2) is 5.78 Å². The van der Waals surface area contributed by atoms with E-state index in [1.54, 1.807) is 18.2 Å². The fourth-order valence-corrected chi connectivity index (χ4v) is 5.22. The normalized spacial score (nSPS) is 15.1. The molecule has 33 heavy (non-hydrogen) atoms. The van der Waals surface area contributed by atoms with Gasteiger partial charge in [-0.05, 0) is 57.9 Å². The molecule has 0 aliphatic carbocycles. The van der Waals surface area contributed by atoms with Crippen molar-refractivity contribution in [3.8, 4) is 11.5 Å². The van der Waals surface area contributed by atoms with Crippen molar-refractivity contribution in [1.82, 2.24) is 4.31 Å². The summed E-state index contributed by atoms with van der Waals surface area (Å²) in [5.74, 6) is 0.579. The summed E-state index contributed by atoms with van der Waals surface area (Å²) in [5.41, 5.74) is 0.998. The Balaban J connectivity index is 1.65. The first-order chi connectivity index (χ1) is 15.8. The van der Waals surface area contributed by atoms with E-state index in [0.717, 1.165) is 0 Å². The average molecular weight is 475 g/mol. The molecule has 3 rings (SSSR count). The topological polar surface area (TPSA) is 102 Å². The molecule has 0 saturated carbocycles. The van der Waals surface area contributed by atoms with Crippen LogP contribution in [0.15, 0.2) is 47.4 Å². The number of ether oxygens (including phenoxy) is 2. The van der Waals surface area contributed by atoms with Gasteiger partial charge in [0.25, 0.3) is 0 Å². The molecule has 0 atom stereocenters. The van der Waals surface area contributed by atoms with Crippen molar-refractivity contribution in [2.24, 2.45) is 5.92 Å². The Kier molecular flexibility index (Phi) is 8.10. The molecule has 1 amide bonds. The first kappa shape index (κ1) is 24.7. The second kappa shape index (κ2) is 10.8. The van der Waals surface area contributed by atoms with Crippen molar-refractivity contribution < 1.29 is 27.5 Å². The number of benzene rings is 2. The largest absolute Gasteiger partial charge is 0.494 e. The second-order valence-electron chi connectivity index (χ2n) is 7.77. The van der Waals surface area contributed by atoms with Gasteiger partial charge in [-0.2, -0.15) is 4.31 Å². The molecule has 9 heteroatoms. The number of piperidine rings is 1. The quantitative estimate of drug-likeness (QED) is 0.556. The third-order valence-corrected chi connectivity index (χ3v) is 7.46. The van der Waals surface area contributed by atoms with Crippen LogP contribution in [0.3, 0.4) is 0 Å². The molecule has 1 saturated heterocycles. The molecule has 0 radical (unpaired) electrons. The zero-order valence-corrected chi connectivity index (χ0v) is 20.0. The van der Waals surface area contributed by atoms with E-state index in [-0.39, 0.29) is 35.6 Å². The van der Waals surface area contributed by atoms with Crippen LogP contribution in [0.1, 0.15) is 44.0 Å². The maximum atomic E-state index is 13.0. The highest BCUT2D eigenvalue weighted by molar-refractivity contribution is 7.89. The molecule has 1 N–H and O–H groups in total. The molecule has 0 unspecified atom stereocenters. The molecule has 2 aromatic carbocycles. The Morgan fingerprint density at radius 2 is 1.64 bits per heavy atom. The maximum absolute atomic E-state index is 13.0. The highest BCUT2D eigenvalue weighted by Gasteiger charge is 2.32. The summed E-state index contributed by atoms with van der Waals surface area (Å²) in [6.07, 6.45) is 0.817. The van der Waals surface area contributed by atoms with Gasteiger partial charge < -0.3 is 14.8 Å². The van der Waals surface area contributed by atoms with Gasteiger partial charge in [0.1, 0.15) is 11.5 Å². The summed E-state index contributed by atoms with van der Waals surface area (Å²) in [6, 6.07) is 11.2. The number of Topliss-reactive ketones (excluding diaryl/α,β-unsaturated/α-hetero) is 1. The fourth-order valence-electron chi connectivity index (χ4n) is 3.75. The third kappa shape index (κ3) is 5.91. The monoisotopic (exact) mass is 474 g/mol. The van der Waals surface area contributed by atoms with E-state index in [9.17, 15) is 18.0 Å². The number of sulfonamides is 1. The Bertz CT molecular complexity index is 1090. The minimum absolute atomic E-state index is 0.120. The number of amides is 1. The van der Waals surface area contributed by atoms with Crippen LogP contribution in [-0.2, 0) is 14.8 Å². The zero-order chi connectivity index (χ0) is 24.0. The van der Waals surface area contributed by atoms with Crippen LogP contribution in [0, 0.1) is 5.92 Å². The number of ketones is 1. The molecule has 0 aromatic heterocycles. The van der Waals surface area contributed by atoms with Crippen molar-refractivity contribution in [2.45, 2.75) is 38.5 Å². The summed E-state index contributed by atoms with van der Waals surface area (Å²) in [7, 11) is -3.68. The Morgan fingerprint density at radius 3 is 2.21 bits per heavy atom. The molecule has 178 valence electrons. The van der Waals surface area contributed by atoms with E-state index in [2.05, 4.69) is 5.32 Å². The molecule has 1 heterocycles. The Labute approximate surface area is 194 Å². The molecular formula is C24H30N2O6S. The summed E-state index contributed by atoms with van der Waals surface area (Å²) >= 11 is 0. The predicted octanol–water partition coefficient (Wildman–Crippen LogP) is 3.73. The number of anilines is 1. The molecular weight excluding hydrogens is 444 g/mol. The van der Waals surface area contributed by atoms with Crippen molar-refractivity contribution in [3.63, 3.8) is 0 Å². The molecule has 1 aliphatic rings. The number of nitrogens with zero attached hydrogens (tertiary/aromatic N) is 1. The van der Waals surface area contributed by atoms with Crippen LogP contribution in [0.4, 0.5) is 5.69 Å². The molecule has 1 fully saturated rings. The lowest BCUT2D eigenvalue weighted by atomic mass is 9.97. The molecule has 0 spiro atoms. The highest BCUT2D eigenvalue weighted by atomic mass is 32.2. The summed E-state index contributed by atoms with van der Waals surface area (Å²) in [5, 5.41) is 2.92. The molecule has 8 nitrogen and oxygen atoms in total. The van der Waals surface area contributed by atoms with E-state index in [0.29, 0.717) is 48.8 Å². The number of hydrogen-bond donors (Lipinski definition) is 1. The van der Waals surface area contributed by atoms with Gasteiger partial charge in [-0.3, -0.25) is 9.59 Å². The van der Waals surface area contributed by atoms with E-state index in [4.69, 9.17) is 9.47 Å². The van der Waals surface area contributed by atoms with Crippen LogP contribution >= 0.6 is 0 Å². The Hall–Kier alpha value is -2.91.